The topological polar surface area (TPSA) is 55.8 Å². The van der Waals surface area contributed by atoms with Crippen molar-refractivity contribution in [3.63, 3.8) is 0 Å². The first-order valence-electron chi connectivity index (χ1n) is 7.56. The monoisotopic (exact) mass is 323 g/mol. The van der Waals surface area contributed by atoms with Crippen molar-refractivity contribution in [3.05, 3.63) is 23.8 Å². The van der Waals surface area contributed by atoms with Crippen LogP contribution in [0.25, 0.3) is 0 Å². The van der Waals surface area contributed by atoms with Gasteiger partial charge in [-0.1, -0.05) is 6.07 Å². The predicted molar refractivity (Wildman–Crippen MR) is 75.2 cm³/mol. The fourth-order valence-electron chi connectivity index (χ4n) is 3.95. The van der Waals surface area contributed by atoms with Gasteiger partial charge in [0.15, 0.2) is 0 Å². The molecule has 0 spiro atoms. The highest BCUT2D eigenvalue weighted by atomic mass is 19.3. The number of hydrogen-bond acceptors (Lipinski definition) is 4. The zero-order valence-corrected chi connectivity index (χ0v) is 12.4. The van der Waals surface area contributed by atoms with Crippen LogP contribution in [0, 0.1) is 18.8 Å². The molecule has 0 aliphatic carbocycles. The average molecular weight is 323 g/mol. The number of carbonyl (C=O) groups is 2. The zero-order valence-electron chi connectivity index (χ0n) is 12.4. The van der Waals surface area contributed by atoms with E-state index in [1.165, 1.54) is 12.1 Å². The molecule has 5 nitrogen and oxygen atoms in total. The van der Waals surface area contributed by atoms with Gasteiger partial charge in [0.2, 0.25) is 11.8 Å². The van der Waals surface area contributed by atoms with Gasteiger partial charge in [0.05, 0.1) is 29.7 Å². The maximum atomic E-state index is 12.7. The number of amides is 2. The van der Waals surface area contributed by atoms with Crippen LogP contribution in [0.15, 0.2) is 18.2 Å². The SMILES string of the molecule is Cc1ccc(OC(F)F)c(N2C(=O)[C@@H]3[C@@H](C2=O)[C@@H]2CC[C@@H]3O2)c1. The molecular weight excluding hydrogens is 308 g/mol. The van der Waals surface area contributed by atoms with Gasteiger partial charge in [0.25, 0.3) is 0 Å². The van der Waals surface area contributed by atoms with E-state index in [4.69, 9.17) is 4.74 Å². The molecule has 3 aliphatic rings. The second-order valence-electron chi connectivity index (χ2n) is 6.20. The predicted octanol–water partition coefficient (Wildman–Crippen LogP) is 2.26. The standard InChI is InChI=1S/C16H15F2NO4/c1-7-2-3-9(23-16(17)18)8(6-7)19-14(20)12-10-4-5-11(22-10)13(12)15(19)21/h2-3,6,10-13,16H,4-5H2,1H3/t10-,11-,12-,13-/m0/s1. The van der Waals surface area contributed by atoms with Gasteiger partial charge < -0.3 is 9.47 Å². The number of halogens is 2. The molecule has 3 saturated heterocycles. The van der Waals surface area contributed by atoms with Crippen LogP contribution in [0.4, 0.5) is 14.5 Å². The van der Waals surface area contributed by atoms with Gasteiger partial charge in [-0.2, -0.15) is 8.78 Å². The van der Waals surface area contributed by atoms with Crippen molar-refractivity contribution in [1.82, 2.24) is 0 Å². The first-order valence-corrected chi connectivity index (χ1v) is 7.56. The van der Waals surface area contributed by atoms with E-state index in [0.717, 1.165) is 23.3 Å². The lowest BCUT2D eigenvalue weighted by Crippen LogP contribution is -2.34. The van der Waals surface area contributed by atoms with Crippen LogP contribution in [0.1, 0.15) is 18.4 Å². The summed E-state index contributed by atoms with van der Waals surface area (Å²) in [4.78, 5) is 26.4. The molecule has 3 heterocycles. The summed E-state index contributed by atoms with van der Waals surface area (Å²) in [7, 11) is 0. The normalized spacial score (nSPS) is 32.1. The van der Waals surface area contributed by atoms with E-state index in [9.17, 15) is 18.4 Å². The number of nitrogens with zero attached hydrogens (tertiary/aromatic N) is 1. The summed E-state index contributed by atoms with van der Waals surface area (Å²) >= 11 is 0. The molecular formula is C16H15F2NO4. The lowest BCUT2D eigenvalue weighted by atomic mass is 9.81. The Hall–Kier alpha value is -2.02. The molecule has 3 aliphatic heterocycles. The zero-order chi connectivity index (χ0) is 16.3. The highest BCUT2D eigenvalue weighted by Gasteiger charge is 2.62. The lowest BCUT2D eigenvalue weighted by molar-refractivity contribution is -0.125. The number of fused-ring (bicyclic) bond motifs is 5. The molecule has 1 aromatic rings. The average Bonchev–Trinajstić information content (AvgIpc) is 3.15. The number of imide groups is 1. The number of rotatable bonds is 3. The number of anilines is 1. The van der Waals surface area contributed by atoms with Crippen LogP contribution >= 0.6 is 0 Å². The Labute approximate surface area is 131 Å². The van der Waals surface area contributed by atoms with Crippen molar-refractivity contribution in [2.24, 2.45) is 11.8 Å². The van der Waals surface area contributed by atoms with Crippen LogP contribution in [-0.4, -0.2) is 30.6 Å². The van der Waals surface area contributed by atoms with Gasteiger partial charge in [-0.25, -0.2) is 4.90 Å². The van der Waals surface area contributed by atoms with Crippen molar-refractivity contribution >= 4 is 17.5 Å². The molecule has 3 fully saturated rings. The molecule has 4 rings (SSSR count). The van der Waals surface area contributed by atoms with Gasteiger partial charge in [0, 0.05) is 0 Å². The highest BCUT2D eigenvalue weighted by molar-refractivity contribution is 6.23. The third-order valence-electron chi connectivity index (χ3n) is 4.86. The number of alkyl halides is 2. The van der Waals surface area contributed by atoms with Gasteiger partial charge in [-0.3, -0.25) is 9.59 Å². The minimum absolute atomic E-state index is 0.0918. The molecule has 23 heavy (non-hydrogen) atoms. The number of aryl methyl sites for hydroxylation is 1. The highest BCUT2D eigenvalue weighted by Crippen LogP contribution is 2.50. The number of hydrogen-bond donors (Lipinski definition) is 0. The van der Waals surface area contributed by atoms with E-state index < -0.39 is 18.4 Å². The molecule has 0 radical (unpaired) electrons. The Balaban J connectivity index is 1.75. The fraction of sp³-hybridized carbons (Fsp3) is 0.500. The molecule has 1 aromatic carbocycles. The summed E-state index contributed by atoms with van der Waals surface area (Å²) in [6, 6.07) is 4.48. The van der Waals surface area contributed by atoms with E-state index >= 15 is 0 Å². The first-order chi connectivity index (χ1) is 11.0. The van der Waals surface area contributed by atoms with E-state index in [-0.39, 0.29) is 35.5 Å². The Morgan fingerprint density at radius 1 is 1.17 bits per heavy atom. The smallest absolute Gasteiger partial charge is 0.387 e. The third-order valence-corrected chi connectivity index (χ3v) is 4.86. The van der Waals surface area contributed by atoms with Gasteiger partial charge in [-0.05, 0) is 37.5 Å². The van der Waals surface area contributed by atoms with Crippen LogP contribution in [0.5, 0.6) is 5.75 Å². The Kier molecular flexibility index (Phi) is 3.16. The van der Waals surface area contributed by atoms with Gasteiger partial charge in [0.1, 0.15) is 5.75 Å². The van der Waals surface area contributed by atoms with Gasteiger partial charge in [-0.15, -0.1) is 0 Å². The largest absolute Gasteiger partial charge is 0.433 e. The van der Waals surface area contributed by atoms with Crippen molar-refractivity contribution in [3.8, 4) is 5.75 Å². The number of carbonyl (C=O) groups excluding carboxylic acids is 2. The summed E-state index contributed by atoms with van der Waals surface area (Å²) in [6.45, 7) is -1.27. The Morgan fingerprint density at radius 2 is 1.78 bits per heavy atom. The summed E-state index contributed by atoms with van der Waals surface area (Å²) in [5.41, 5.74) is 0.840. The van der Waals surface area contributed by atoms with E-state index in [2.05, 4.69) is 4.74 Å². The summed E-state index contributed by atoms with van der Waals surface area (Å²) in [5, 5.41) is 0. The van der Waals surface area contributed by atoms with E-state index in [1.807, 2.05) is 0 Å². The quantitative estimate of drug-likeness (QED) is 0.801. The van der Waals surface area contributed by atoms with Crippen molar-refractivity contribution in [2.75, 3.05) is 4.90 Å². The van der Waals surface area contributed by atoms with Crippen molar-refractivity contribution in [2.45, 2.75) is 38.6 Å². The van der Waals surface area contributed by atoms with Crippen LogP contribution < -0.4 is 9.64 Å². The minimum Gasteiger partial charge on any atom is -0.433 e. The summed E-state index contributed by atoms with van der Waals surface area (Å²) < 4.78 is 35.4. The molecule has 0 unspecified atom stereocenters. The van der Waals surface area contributed by atoms with Gasteiger partial charge >= 0.3 is 6.61 Å². The molecule has 7 heteroatoms. The fourth-order valence-corrected chi connectivity index (χ4v) is 3.95. The second kappa shape index (κ2) is 4.99. The molecule has 0 aromatic heterocycles. The van der Waals surface area contributed by atoms with Crippen LogP contribution in [0.2, 0.25) is 0 Å². The molecule has 4 atom stereocenters. The third kappa shape index (κ3) is 2.06. The van der Waals surface area contributed by atoms with Crippen molar-refractivity contribution < 1.29 is 27.8 Å². The van der Waals surface area contributed by atoms with E-state index in [1.54, 1.807) is 13.0 Å². The maximum absolute atomic E-state index is 12.7. The maximum Gasteiger partial charge on any atom is 0.387 e. The lowest BCUT2D eigenvalue weighted by Gasteiger charge is -2.21. The molecule has 2 amide bonds. The summed E-state index contributed by atoms with van der Waals surface area (Å²) in [6.07, 6.45) is 1.03. The number of ether oxygens (including phenoxy) is 2. The van der Waals surface area contributed by atoms with Crippen LogP contribution in [0.3, 0.4) is 0 Å². The van der Waals surface area contributed by atoms with Crippen LogP contribution in [-0.2, 0) is 14.3 Å². The molecule has 122 valence electrons. The molecule has 0 N–H and O–H groups in total. The molecule has 0 saturated carbocycles. The first kappa shape index (κ1) is 14.6. The minimum atomic E-state index is -3.02. The second-order valence-corrected chi connectivity index (χ2v) is 6.20. The van der Waals surface area contributed by atoms with Crippen molar-refractivity contribution in [1.29, 1.82) is 0 Å². The Bertz CT molecular complexity index is 665. The molecule has 2 bridgehead atoms. The Morgan fingerprint density at radius 3 is 2.35 bits per heavy atom. The summed E-state index contributed by atoms with van der Waals surface area (Å²) in [5.74, 6) is -1.92. The number of benzene rings is 1. The van der Waals surface area contributed by atoms with E-state index in [0.29, 0.717) is 0 Å².